The first kappa shape index (κ1) is 17.2. The third-order valence-corrected chi connectivity index (χ3v) is 4.46. The van der Waals surface area contributed by atoms with E-state index < -0.39 is 5.91 Å². The summed E-state index contributed by atoms with van der Waals surface area (Å²) in [6.07, 6.45) is 4.06. The van der Waals surface area contributed by atoms with Crippen molar-refractivity contribution in [2.75, 3.05) is 18.4 Å². The van der Waals surface area contributed by atoms with Crippen molar-refractivity contribution in [3.05, 3.63) is 71.3 Å². The summed E-state index contributed by atoms with van der Waals surface area (Å²) in [7, 11) is 0. The number of fused-ring (bicyclic) bond motifs is 1. The lowest BCUT2D eigenvalue weighted by atomic mass is 9.98. The minimum atomic E-state index is -0.534. The standard InChI is InChI=1S/C20H23N3O2/c24-20(23-25)10-9-15-5-7-16(8-6-15)13-21-12-11-17-14-22-19-4-2-1-3-18(17)19/h1-10,17,21-22,25H,11-14H2,(H,23,24)/b10-9+. The molecule has 25 heavy (non-hydrogen) atoms. The molecule has 1 aliphatic heterocycles. The number of amides is 1. The van der Waals surface area contributed by atoms with Gasteiger partial charge in [0.05, 0.1) is 0 Å². The number of para-hydroxylation sites is 1. The SMILES string of the molecule is O=C(/C=C/c1ccc(CNCCC2CNc3ccccc32)cc1)NO. The first-order valence-corrected chi connectivity index (χ1v) is 8.51. The molecular weight excluding hydrogens is 314 g/mol. The highest BCUT2D eigenvalue weighted by atomic mass is 16.5. The number of carbonyl (C=O) groups excluding carboxylic acids is 1. The Hall–Kier alpha value is -2.63. The number of nitrogens with one attached hydrogen (secondary N) is 3. The summed E-state index contributed by atoms with van der Waals surface area (Å²) in [5.74, 6) is 0.0441. The lowest BCUT2D eigenvalue weighted by Gasteiger charge is -2.11. The van der Waals surface area contributed by atoms with E-state index in [-0.39, 0.29) is 0 Å². The summed E-state index contributed by atoms with van der Waals surface area (Å²) in [5, 5.41) is 15.4. The Morgan fingerprint density at radius 3 is 2.80 bits per heavy atom. The lowest BCUT2D eigenvalue weighted by molar-refractivity contribution is -0.124. The second-order valence-electron chi connectivity index (χ2n) is 6.18. The summed E-state index contributed by atoms with van der Waals surface area (Å²) in [6.45, 7) is 2.81. The van der Waals surface area contributed by atoms with Crippen LogP contribution >= 0.6 is 0 Å². The molecule has 1 aliphatic rings. The molecule has 5 nitrogen and oxygen atoms in total. The fraction of sp³-hybridized carbons (Fsp3) is 0.250. The molecule has 130 valence electrons. The van der Waals surface area contributed by atoms with Crippen molar-refractivity contribution in [1.82, 2.24) is 10.8 Å². The molecule has 0 aliphatic carbocycles. The van der Waals surface area contributed by atoms with Crippen LogP contribution in [0.2, 0.25) is 0 Å². The van der Waals surface area contributed by atoms with Crippen molar-refractivity contribution in [2.24, 2.45) is 0 Å². The predicted molar refractivity (Wildman–Crippen MR) is 99.4 cm³/mol. The van der Waals surface area contributed by atoms with E-state index >= 15 is 0 Å². The molecular formula is C20H23N3O2. The normalized spacial score (nSPS) is 15.8. The molecule has 1 atom stereocenters. The van der Waals surface area contributed by atoms with Crippen LogP contribution < -0.4 is 16.1 Å². The highest BCUT2D eigenvalue weighted by Gasteiger charge is 2.20. The zero-order valence-corrected chi connectivity index (χ0v) is 14.0. The average Bonchev–Trinajstić information content (AvgIpc) is 3.07. The van der Waals surface area contributed by atoms with Gasteiger partial charge in [-0.05, 0) is 41.8 Å². The van der Waals surface area contributed by atoms with Crippen LogP contribution in [0.25, 0.3) is 6.08 Å². The van der Waals surface area contributed by atoms with Gasteiger partial charge in [0.25, 0.3) is 5.91 Å². The fourth-order valence-corrected chi connectivity index (χ4v) is 3.08. The van der Waals surface area contributed by atoms with Gasteiger partial charge in [-0.15, -0.1) is 0 Å². The summed E-state index contributed by atoms with van der Waals surface area (Å²) in [5.41, 5.74) is 6.38. The maximum atomic E-state index is 11.0. The van der Waals surface area contributed by atoms with Gasteiger partial charge >= 0.3 is 0 Å². The van der Waals surface area contributed by atoms with Gasteiger partial charge in [-0.1, -0.05) is 42.5 Å². The summed E-state index contributed by atoms with van der Waals surface area (Å²) in [4.78, 5) is 11.0. The zero-order chi connectivity index (χ0) is 17.5. The average molecular weight is 337 g/mol. The van der Waals surface area contributed by atoms with E-state index in [9.17, 15) is 4.79 Å². The molecule has 1 unspecified atom stereocenters. The molecule has 0 saturated carbocycles. The minimum Gasteiger partial charge on any atom is -0.384 e. The predicted octanol–water partition coefficient (Wildman–Crippen LogP) is 2.89. The monoisotopic (exact) mass is 337 g/mol. The second-order valence-corrected chi connectivity index (χ2v) is 6.18. The Kier molecular flexibility index (Phi) is 5.82. The van der Waals surface area contributed by atoms with Crippen LogP contribution in [-0.4, -0.2) is 24.2 Å². The number of benzene rings is 2. The number of rotatable bonds is 7. The summed E-state index contributed by atoms with van der Waals surface area (Å²) < 4.78 is 0. The number of hydrogen-bond acceptors (Lipinski definition) is 4. The van der Waals surface area contributed by atoms with Crippen LogP contribution in [0.3, 0.4) is 0 Å². The quantitative estimate of drug-likeness (QED) is 0.271. The van der Waals surface area contributed by atoms with Crippen LogP contribution in [-0.2, 0) is 11.3 Å². The fourth-order valence-electron chi connectivity index (χ4n) is 3.08. The van der Waals surface area contributed by atoms with Gasteiger partial charge in [-0.25, -0.2) is 5.48 Å². The van der Waals surface area contributed by atoms with E-state index in [0.29, 0.717) is 5.92 Å². The Balaban J connectivity index is 1.42. The first-order chi connectivity index (χ1) is 12.3. The number of anilines is 1. The van der Waals surface area contributed by atoms with E-state index in [1.807, 2.05) is 24.3 Å². The van der Waals surface area contributed by atoms with Crippen LogP contribution in [0.5, 0.6) is 0 Å². The van der Waals surface area contributed by atoms with Crippen molar-refractivity contribution >= 4 is 17.7 Å². The van der Waals surface area contributed by atoms with E-state index in [1.54, 1.807) is 11.6 Å². The Labute approximate surface area is 147 Å². The number of hydroxylamine groups is 1. The second kappa shape index (κ2) is 8.46. The largest absolute Gasteiger partial charge is 0.384 e. The van der Waals surface area contributed by atoms with E-state index in [0.717, 1.165) is 31.6 Å². The van der Waals surface area contributed by atoms with Gasteiger partial charge in [0.1, 0.15) is 0 Å². The third-order valence-electron chi connectivity index (χ3n) is 4.46. The molecule has 0 spiro atoms. The molecule has 5 heteroatoms. The molecule has 0 saturated heterocycles. The molecule has 4 N–H and O–H groups in total. The van der Waals surface area contributed by atoms with Gasteiger partial charge in [-0.2, -0.15) is 0 Å². The topological polar surface area (TPSA) is 73.4 Å². The summed E-state index contributed by atoms with van der Waals surface area (Å²) >= 11 is 0. The van der Waals surface area contributed by atoms with E-state index in [1.165, 1.54) is 22.9 Å². The van der Waals surface area contributed by atoms with Crippen molar-refractivity contribution < 1.29 is 10.0 Å². The highest BCUT2D eigenvalue weighted by molar-refractivity contribution is 5.90. The molecule has 3 rings (SSSR count). The number of hydrogen-bond donors (Lipinski definition) is 4. The Morgan fingerprint density at radius 2 is 2.00 bits per heavy atom. The Morgan fingerprint density at radius 1 is 1.20 bits per heavy atom. The molecule has 2 aromatic carbocycles. The molecule has 0 bridgehead atoms. The summed E-state index contributed by atoms with van der Waals surface area (Å²) in [6, 6.07) is 16.5. The lowest BCUT2D eigenvalue weighted by Crippen LogP contribution is -2.18. The molecule has 2 aromatic rings. The molecule has 1 amide bonds. The van der Waals surface area contributed by atoms with Gasteiger partial charge in [0.15, 0.2) is 0 Å². The van der Waals surface area contributed by atoms with Crippen LogP contribution in [0, 0.1) is 0 Å². The molecule has 0 radical (unpaired) electrons. The number of carbonyl (C=O) groups is 1. The van der Waals surface area contributed by atoms with E-state index in [4.69, 9.17) is 5.21 Å². The minimum absolute atomic E-state index is 0.534. The molecule has 1 heterocycles. The van der Waals surface area contributed by atoms with Gasteiger partial charge in [0.2, 0.25) is 0 Å². The van der Waals surface area contributed by atoms with E-state index in [2.05, 4.69) is 34.9 Å². The maximum absolute atomic E-state index is 11.0. The Bertz CT molecular complexity index is 741. The van der Waals surface area contributed by atoms with Crippen molar-refractivity contribution in [3.63, 3.8) is 0 Å². The zero-order valence-electron chi connectivity index (χ0n) is 14.0. The van der Waals surface area contributed by atoms with Gasteiger partial charge < -0.3 is 10.6 Å². The van der Waals surface area contributed by atoms with Crippen LogP contribution in [0.1, 0.15) is 29.0 Å². The van der Waals surface area contributed by atoms with Crippen molar-refractivity contribution in [2.45, 2.75) is 18.9 Å². The molecule has 0 aromatic heterocycles. The first-order valence-electron chi connectivity index (χ1n) is 8.51. The van der Waals surface area contributed by atoms with Crippen molar-refractivity contribution in [3.8, 4) is 0 Å². The smallest absolute Gasteiger partial charge is 0.267 e. The van der Waals surface area contributed by atoms with Gasteiger partial charge in [-0.3, -0.25) is 10.0 Å². The molecule has 0 fully saturated rings. The maximum Gasteiger partial charge on any atom is 0.267 e. The van der Waals surface area contributed by atoms with Gasteiger partial charge in [0, 0.05) is 30.8 Å². The third kappa shape index (κ3) is 4.68. The van der Waals surface area contributed by atoms with Crippen LogP contribution in [0.15, 0.2) is 54.6 Å². The van der Waals surface area contributed by atoms with Crippen LogP contribution in [0.4, 0.5) is 5.69 Å². The van der Waals surface area contributed by atoms with Crippen molar-refractivity contribution in [1.29, 1.82) is 0 Å². The highest BCUT2D eigenvalue weighted by Crippen LogP contribution is 2.32.